The first kappa shape index (κ1) is 14.5. The monoisotopic (exact) mass is 276 g/mol. The van der Waals surface area contributed by atoms with E-state index in [0.29, 0.717) is 0 Å². The zero-order valence-corrected chi connectivity index (χ0v) is 11.8. The standard InChI is InChI=1S/C15H20N2O3/c1-10-4-3-5-11(2)15(10)16-13(18)8-17(9-14(19)20)12-6-7-12/h3-5,12H,6-9H2,1-2H3,(H,16,18)(H,19,20). The number of carbonyl (C=O) groups excluding carboxylic acids is 1. The maximum Gasteiger partial charge on any atom is 0.317 e. The highest BCUT2D eigenvalue weighted by Crippen LogP contribution is 2.26. The molecule has 0 spiro atoms. The number of nitrogens with one attached hydrogen (secondary N) is 1. The van der Waals surface area contributed by atoms with E-state index in [4.69, 9.17) is 5.11 Å². The van der Waals surface area contributed by atoms with Crippen molar-refractivity contribution in [2.24, 2.45) is 0 Å². The van der Waals surface area contributed by atoms with E-state index >= 15 is 0 Å². The third kappa shape index (κ3) is 3.81. The first-order valence-electron chi connectivity index (χ1n) is 6.79. The van der Waals surface area contributed by atoms with Gasteiger partial charge in [-0.15, -0.1) is 0 Å². The topological polar surface area (TPSA) is 69.6 Å². The fourth-order valence-corrected chi connectivity index (χ4v) is 2.30. The van der Waals surface area contributed by atoms with E-state index in [1.165, 1.54) is 0 Å². The van der Waals surface area contributed by atoms with Crippen molar-refractivity contribution in [2.75, 3.05) is 18.4 Å². The molecule has 5 nitrogen and oxygen atoms in total. The molecule has 1 aromatic carbocycles. The number of carbonyl (C=O) groups is 2. The zero-order valence-electron chi connectivity index (χ0n) is 11.8. The molecular formula is C15H20N2O3. The average molecular weight is 276 g/mol. The van der Waals surface area contributed by atoms with Crippen molar-refractivity contribution in [3.63, 3.8) is 0 Å². The Kier molecular flexibility index (Phi) is 4.39. The van der Waals surface area contributed by atoms with Gasteiger partial charge in [0.15, 0.2) is 0 Å². The molecule has 0 aromatic heterocycles. The Morgan fingerprint density at radius 2 is 1.85 bits per heavy atom. The van der Waals surface area contributed by atoms with Gasteiger partial charge in [0.25, 0.3) is 0 Å². The van der Waals surface area contributed by atoms with Crippen LogP contribution in [0.5, 0.6) is 0 Å². The van der Waals surface area contributed by atoms with Crippen molar-refractivity contribution in [1.29, 1.82) is 0 Å². The second kappa shape index (κ2) is 6.05. The van der Waals surface area contributed by atoms with Crippen molar-refractivity contribution in [2.45, 2.75) is 32.7 Å². The van der Waals surface area contributed by atoms with Crippen molar-refractivity contribution >= 4 is 17.6 Å². The Morgan fingerprint density at radius 1 is 1.25 bits per heavy atom. The van der Waals surface area contributed by atoms with Gasteiger partial charge in [0, 0.05) is 11.7 Å². The third-order valence-corrected chi connectivity index (χ3v) is 3.49. The van der Waals surface area contributed by atoms with Crippen molar-refractivity contribution in [1.82, 2.24) is 4.90 Å². The van der Waals surface area contributed by atoms with Crippen LogP contribution in [0.1, 0.15) is 24.0 Å². The average Bonchev–Trinajstić information content (AvgIpc) is 3.17. The number of carboxylic acid groups (broad SMARTS) is 1. The van der Waals surface area contributed by atoms with E-state index in [0.717, 1.165) is 29.7 Å². The summed E-state index contributed by atoms with van der Waals surface area (Å²) in [5.41, 5.74) is 2.84. The highest BCUT2D eigenvalue weighted by atomic mass is 16.4. The summed E-state index contributed by atoms with van der Waals surface area (Å²) in [6.45, 7) is 3.94. The molecule has 108 valence electrons. The van der Waals surface area contributed by atoms with Gasteiger partial charge in [0.2, 0.25) is 5.91 Å². The largest absolute Gasteiger partial charge is 0.480 e. The molecule has 1 saturated carbocycles. The predicted octanol–water partition coefficient (Wildman–Crippen LogP) is 1.79. The van der Waals surface area contributed by atoms with Gasteiger partial charge in [0.1, 0.15) is 0 Å². The van der Waals surface area contributed by atoms with Gasteiger partial charge in [-0.25, -0.2) is 0 Å². The number of benzene rings is 1. The Balaban J connectivity index is 1.99. The molecule has 0 atom stereocenters. The van der Waals surface area contributed by atoms with Crippen molar-refractivity contribution in [3.8, 4) is 0 Å². The molecule has 0 saturated heterocycles. The lowest BCUT2D eigenvalue weighted by atomic mass is 10.1. The van der Waals surface area contributed by atoms with Crippen molar-refractivity contribution < 1.29 is 14.7 Å². The van der Waals surface area contributed by atoms with Gasteiger partial charge in [-0.2, -0.15) is 0 Å². The smallest absolute Gasteiger partial charge is 0.317 e. The Labute approximate surface area is 118 Å². The number of aliphatic carboxylic acids is 1. The summed E-state index contributed by atoms with van der Waals surface area (Å²) in [6, 6.07) is 6.08. The van der Waals surface area contributed by atoms with E-state index in [1.54, 1.807) is 4.90 Å². The lowest BCUT2D eigenvalue weighted by Gasteiger charge is -2.20. The van der Waals surface area contributed by atoms with Crippen LogP contribution in [0.4, 0.5) is 5.69 Å². The van der Waals surface area contributed by atoms with Gasteiger partial charge in [-0.05, 0) is 37.8 Å². The van der Waals surface area contributed by atoms with Crippen LogP contribution in [-0.4, -0.2) is 41.0 Å². The second-order valence-corrected chi connectivity index (χ2v) is 5.34. The molecule has 0 heterocycles. The molecule has 1 fully saturated rings. The molecule has 2 rings (SSSR count). The number of para-hydroxylation sites is 1. The highest BCUT2D eigenvalue weighted by molar-refractivity contribution is 5.94. The molecule has 1 amide bonds. The first-order chi connectivity index (χ1) is 9.47. The van der Waals surface area contributed by atoms with E-state index in [9.17, 15) is 9.59 Å². The van der Waals surface area contributed by atoms with E-state index < -0.39 is 5.97 Å². The van der Waals surface area contributed by atoms with E-state index in [1.807, 2.05) is 32.0 Å². The Bertz CT molecular complexity index is 504. The number of anilines is 1. The van der Waals surface area contributed by atoms with Crippen LogP contribution in [0.3, 0.4) is 0 Å². The molecule has 0 unspecified atom stereocenters. The van der Waals surface area contributed by atoms with Crippen LogP contribution in [0, 0.1) is 13.8 Å². The summed E-state index contributed by atoms with van der Waals surface area (Å²) < 4.78 is 0. The SMILES string of the molecule is Cc1cccc(C)c1NC(=O)CN(CC(=O)O)C1CC1. The van der Waals surface area contributed by atoms with Crippen LogP contribution in [0.15, 0.2) is 18.2 Å². The first-order valence-corrected chi connectivity index (χ1v) is 6.79. The number of rotatable bonds is 6. The fourth-order valence-electron chi connectivity index (χ4n) is 2.30. The van der Waals surface area contributed by atoms with Gasteiger partial charge >= 0.3 is 5.97 Å². The van der Waals surface area contributed by atoms with Crippen LogP contribution in [-0.2, 0) is 9.59 Å². The van der Waals surface area contributed by atoms with Crippen LogP contribution in [0.2, 0.25) is 0 Å². The van der Waals surface area contributed by atoms with Crippen LogP contribution < -0.4 is 5.32 Å². The van der Waals surface area contributed by atoms with Gasteiger partial charge in [-0.3, -0.25) is 14.5 Å². The fraction of sp³-hybridized carbons (Fsp3) is 0.467. The van der Waals surface area contributed by atoms with Gasteiger partial charge < -0.3 is 10.4 Å². The summed E-state index contributed by atoms with van der Waals surface area (Å²) in [5, 5.41) is 11.8. The summed E-state index contributed by atoms with van der Waals surface area (Å²) in [4.78, 5) is 24.6. The maximum atomic E-state index is 12.1. The zero-order chi connectivity index (χ0) is 14.7. The summed E-state index contributed by atoms with van der Waals surface area (Å²) in [5.74, 6) is -1.05. The van der Waals surface area contributed by atoms with Crippen LogP contribution in [0.25, 0.3) is 0 Å². The normalized spacial score (nSPS) is 14.3. The molecule has 2 N–H and O–H groups in total. The lowest BCUT2D eigenvalue weighted by molar-refractivity contribution is -0.138. The number of aryl methyl sites for hydroxylation is 2. The van der Waals surface area contributed by atoms with Crippen LogP contribution >= 0.6 is 0 Å². The molecule has 5 heteroatoms. The minimum atomic E-state index is -0.892. The highest BCUT2D eigenvalue weighted by Gasteiger charge is 2.31. The predicted molar refractivity (Wildman–Crippen MR) is 76.8 cm³/mol. The molecule has 0 bridgehead atoms. The number of hydrogen-bond acceptors (Lipinski definition) is 3. The number of amides is 1. The maximum absolute atomic E-state index is 12.1. The summed E-state index contributed by atoms with van der Waals surface area (Å²) >= 11 is 0. The molecule has 1 aliphatic rings. The second-order valence-electron chi connectivity index (χ2n) is 5.34. The Morgan fingerprint density at radius 3 is 2.35 bits per heavy atom. The lowest BCUT2D eigenvalue weighted by Crippen LogP contribution is -2.38. The summed E-state index contributed by atoms with van der Waals surface area (Å²) in [6.07, 6.45) is 1.95. The molecule has 0 radical (unpaired) electrons. The minimum absolute atomic E-state index is 0.0785. The quantitative estimate of drug-likeness (QED) is 0.831. The number of nitrogens with zero attached hydrogens (tertiary/aromatic N) is 1. The number of carboxylic acids is 1. The van der Waals surface area contributed by atoms with E-state index in [-0.39, 0.29) is 25.0 Å². The molecule has 1 aromatic rings. The van der Waals surface area contributed by atoms with E-state index in [2.05, 4.69) is 5.32 Å². The van der Waals surface area contributed by atoms with Gasteiger partial charge in [-0.1, -0.05) is 18.2 Å². The molecule has 0 aliphatic heterocycles. The third-order valence-electron chi connectivity index (χ3n) is 3.49. The summed E-state index contributed by atoms with van der Waals surface area (Å²) in [7, 11) is 0. The minimum Gasteiger partial charge on any atom is -0.480 e. The van der Waals surface area contributed by atoms with Gasteiger partial charge in [0.05, 0.1) is 13.1 Å². The molecule has 20 heavy (non-hydrogen) atoms. The number of hydrogen-bond donors (Lipinski definition) is 2. The Hall–Kier alpha value is -1.88. The molecule has 1 aliphatic carbocycles. The molecular weight excluding hydrogens is 256 g/mol. The van der Waals surface area contributed by atoms with Crippen molar-refractivity contribution in [3.05, 3.63) is 29.3 Å².